The number of anilines is 5. The van der Waals surface area contributed by atoms with Gasteiger partial charge in [0, 0.05) is 32.9 Å². The average molecular weight is 1060 g/mol. The molecule has 0 amide bonds. The van der Waals surface area contributed by atoms with Crippen LogP contribution in [-0.4, -0.2) is 49.9 Å². The lowest BCUT2D eigenvalue weighted by atomic mass is 10.1. The Morgan fingerprint density at radius 2 is 1.12 bits per heavy atom. The number of nitrogens with zero attached hydrogens (tertiary/aromatic N) is 9. The van der Waals surface area contributed by atoms with Crippen LogP contribution in [0.2, 0.25) is 5.28 Å². The number of terminal acetylenes is 1. The maximum absolute atomic E-state index is 14.0. The molecule has 0 atom stereocenters. The van der Waals surface area contributed by atoms with Crippen molar-refractivity contribution in [3.05, 3.63) is 200 Å². The Morgan fingerprint density at radius 3 is 1.67 bits per heavy atom. The minimum Gasteiger partial charge on any atom is -0.368 e. The zero-order valence-corrected chi connectivity index (χ0v) is 39.1. The van der Waals surface area contributed by atoms with Crippen LogP contribution < -0.4 is 34.2 Å². The molecular formula is C48H41ClF3IN16. The number of fused-ring (bicyclic) bond motifs is 2. The number of nitrogens with one attached hydrogen (secondary N) is 2. The quantitative estimate of drug-likeness (QED) is 0.0357. The molecule has 0 bridgehead atoms. The van der Waals surface area contributed by atoms with Gasteiger partial charge >= 0.3 is 0 Å². The number of nitrogens with two attached hydrogens (primary N) is 5. The molecule has 4 aromatic heterocycles. The fraction of sp³-hybridized carbons (Fsp3) is 0.0417. The number of benzene rings is 6. The van der Waals surface area contributed by atoms with Crippen molar-refractivity contribution in [2.24, 2.45) is 5.84 Å². The molecule has 348 valence electrons. The van der Waals surface area contributed by atoms with Crippen LogP contribution >= 0.6 is 34.2 Å². The monoisotopic (exact) mass is 1060 g/mol. The molecule has 0 radical (unpaired) electrons. The van der Waals surface area contributed by atoms with E-state index < -0.39 is 0 Å². The Labute approximate surface area is 411 Å². The smallest absolute Gasteiger partial charge is 0.257 e. The second-order valence-electron chi connectivity index (χ2n) is 14.1. The predicted octanol–water partition coefficient (Wildman–Crippen LogP) is 8.47. The Kier molecular flexibility index (Phi) is 17.7. The topological polar surface area (TPSA) is 266 Å². The highest BCUT2D eigenvalue weighted by molar-refractivity contribution is 14.1. The molecule has 4 heterocycles. The summed E-state index contributed by atoms with van der Waals surface area (Å²) in [5.41, 5.74) is 30.1. The van der Waals surface area contributed by atoms with Crippen molar-refractivity contribution in [2.45, 2.75) is 12.8 Å². The van der Waals surface area contributed by atoms with Gasteiger partial charge in [-0.25, -0.2) is 13.2 Å². The Hall–Kier alpha value is -8.39. The molecule has 0 unspecified atom stereocenters. The lowest BCUT2D eigenvalue weighted by molar-refractivity contribution is 0.612. The summed E-state index contributed by atoms with van der Waals surface area (Å²) in [7, 11) is 0. The molecule has 16 nitrogen and oxygen atoms in total. The molecule has 10 aromatic rings. The van der Waals surface area contributed by atoms with E-state index in [-0.39, 0.29) is 52.5 Å². The van der Waals surface area contributed by atoms with Crippen molar-refractivity contribution < 1.29 is 13.2 Å². The molecule has 0 fully saturated rings. The van der Waals surface area contributed by atoms with Crippen LogP contribution in [0.1, 0.15) is 28.1 Å². The fourth-order valence-electron chi connectivity index (χ4n) is 6.25. The maximum Gasteiger partial charge on any atom is 0.257 e. The first-order valence-electron chi connectivity index (χ1n) is 20.3. The van der Waals surface area contributed by atoms with Gasteiger partial charge in [-0.2, -0.15) is 44.8 Å². The first-order chi connectivity index (χ1) is 33.3. The van der Waals surface area contributed by atoms with Crippen LogP contribution in [0.5, 0.6) is 0 Å². The molecule has 21 heteroatoms. The third-order valence-corrected chi connectivity index (χ3v) is 10.5. The van der Waals surface area contributed by atoms with Gasteiger partial charge in [0.1, 0.15) is 17.5 Å². The molecule has 0 spiro atoms. The van der Waals surface area contributed by atoms with Crippen molar-refractivity contribution in [2.75, 3.05) is 28.4 Å². The number of aromatic amines is 1. The first-order valence-corrected chi connectivity index (χ1v) is 21.8. The molecule has 0 aliphatic carbocycles. The highest BCUT2D eigenvalue weighted by atomic mass is 127. The molecule has 0 aliphatic rings. The average Bonchev–Trinajstić information content (AvgIpc) is 3.92. The summed E-state index contributed by atoms with van der Waals surface area (Å²) in [6.07, 6.45) is 5.84. The van der Waals surface area contributed by atoms with Crippen LogP contribution in [0.15, 0.2) is 146 Å². The number of hydrogen-bond acceptors (Lipinski definition) is 14. The van der Waals surface area contributed by atoms with Crippen molar-refractivity contribution in [3.8, 4) is 18.3 Å². The Balaban J connectivity index is 0.000000153. The van der Waals surface area contributed by atoms with E-state index >= 15 is 0 Å². The highest BCUT2D eigenvalue weighted by Gasteiger charge is 2.16. The number of para-hydroxylation sites is 3. The van der Waals surface area contributed by atoms with Crippen molar-refractivity contribution in [1.29, 1.82) is 0 Å². The second-order valence-corrected chi connectivity index (χ2v) is 15.6. The maximum atomic E-state index is 14.0. The van der Waals surface area contributed by atoms with Crippen LogP contribution in [0.3, 0.4) is 0 Å². The standard InChI is InChI=1S/C17H14FN7.C14H11FN2.C8H5F.C6H7IN2.C3H4ClN5/c18-12-7-3-1-5-10(12)9-13-11-6-2-4-8-14(11)25(24-13)17-22-15(19)21-16(20)23-17;15-12-7-3-1-5-10(12)9-14-11-6-2-4-8-13(11)16-17-14;1-2-7-5-3-4-6-8(7)9;7-5-3-1-2-4-6(5)9-8;4-1-7-2(5)9-3(6)8-1/h1-8H,9H2,(H4,19,20,21,22,23);1-8H,9H2,(H,16,17);1,3-6H;1-4,9H,8H2;(H4,5,6,7,8,9). The van der Waals surface area contributed by atoms with Gasteiger partial charge in [0.2, 0.25) is 29.1 Å². The Morgan fingerprint density at radius 1 is 0.609 bits per heavy atom. The molecule has 0 saturated carbocycles. The molecule has 10 rings (SSSR count). The number of H-pyrrole nitrogens is 1. The van der Waals surface area contributed by atoms with Crippen LogP contribution in [0.25, 0.3) is 27.8 Å². The molecule has 6 aromatic carbocycles. The minimum atomic E-state index is -0.333. The van der Waals surface area contributed by atoms with Crippen LogP contribution in [0.4, 0.5) is 42.7 Å². The minimum absolute atomic E-state index is 0.0118. The van der Waals surface area contributed by atoms with E-state index in [1.807, 2.05) is 78.9 Å². The fourth-order valence-corrected chi connectivity index (χ4v) is 6.96. The first kappa shape index (κ1) is 50.0. The van der Waals surface area contributed by atoms with Crippen molar-refractivity contribution in [1.82, 2.24) is 49.9 Å². The van der Waals surface area contributed by atoms with Crippen molar-refractivity contribution in [3.63, 3.8) is 0 Å². The third kappa shape index (κ3) is 14.1. The lowest BCUT2D eigenvalue weighted by Crippen LogP contribution is -2.10. The van der Waals surface area contributed by atoms with Gasteiger partial charge < -0.3 is 28.4 Å². The van der Waals surface area contributed by atoms with Gasteiger partial charge in [0.25, 0.3) is 5.95 Å². The third-order valence-electron chi connectivity index (χ3n) is 9.39. The van der Waals surface area contributed by atoms with Gasteiger partial charge in [-0.15, -0.1) is 6.42 Å². The van der Waals surface area contributed by atoms with E-state index in [9.17, 15) is 13.2 Å². The van der Waals surface area contributed by atoms with Gasteiger partial charge in [0.05, 0.1) is 28.0 Å². The Bertz CT molecular complexity index is 3270. The number of aromatic nitrogens is 10. The summed E-state index contributed by atoms with van der Waals surface area (Å²) >= 11 is 7.55. The molecule has 0 aliphatic heterocycles. The zero-order valence-electron chi connectivity index (χ0n) is 36.1. The largest absolute Gasteiger partial charge is 0.368 e. The SMILES string of the molecule is C#Cc1ccccc1F.Fc1ccccc1Cc1[nH]nc2ccccc12.NNc1ccccc1I.Nc1nc(N)nc(-n2nc(Cc3ccccc3F)c3ccccc32)n1.Nc1nc(N)nc(Cl)n1. The van der Waals surface area contributed by atoms with E-state index in [1.54, 1.807) is 53.2 Å². The van der Waals surface area contributed by atoms with Crippen LogP contribution in [-0.2, 0) is 12.8 Å². The summed E-state index contributed by atoms with van der Waals surface area (Å²) in [5.74, 6) is 6.96. The molecule has 12 N–H and O–H groups in total. The molecule has 0 saturated heterocycles. The summed E-state index contributed by atoms with van der Waals surface area (Å²) in [4.78, 5) is 22.4. The van der Waals surface area contributed by atoms with Crippen LogP contribution in [0, 0.1) is 33.4 Å². The normalized spacial score (nSPS) is 10.2. The number of hydrazine groups is 1. The van der Waals surface area contributed by atoms with Crippen molar-refractivity contribution >= 4 is 85.5 Å². The molecular weight excluding hydrogens is 1020 g/mol. The summed E-state index contributed by atoms with van der Waals surface area (Å²) < 4.78 is 42.7. The second kappa shape index (κ2) is 24.4. The highest BCUT2D eigenvalue weighted by Crippen LogP contribution is 2.25. The van der Waals surface area contributed by atoms with E-state index in [2.05, 4.69) is 79.1 Å². The van der Waals surface area contributed by atoms with E-state index in [0.717, 1.165) is 36.8 Å². The number of halogens is 5. The zero-order chi connectivity index (χ0) is 49.3. The summed E-state index contributed by atoms with van der Waals surface area (Å²) in [6.45, 7) is 0. The van der Waals surface area contributed by atoms with Gasteiger partial charge in [0.15, 0.2) is 0 Å². The number of rotatable bonds is 6. The van der Waals surface area contributed by atoms with E-state index in [0.29, 0.717) is 35.2 Å². The van der Waals surface area contributed by atoms with Gasteiger partial charge in [-0.3, -0.25) is 10.9 Å². The van der Waals surface area contributed by atoms with Gasteiger partial charge in [-0.1, -0.05) is 103 Å². The predicted molar refractivity (Wildman–Crippen MR) is 273 cm³/mol. The number of hydrogen-bond donors (Lipinski definition) is 7. The summed E-state index contributed by atoms with van der Waals surface area (Å²) in [6, 6.07) is 42.9. The summed E-state index contributed by atoms with van der Waals surface area (Å²) in [5, 5.41) is 13.7. The molecule has 69 heavy (non-hydrogen) atoms. The van der Waals surface area contributed by atoms with E-state index in [1.165, 1.54) is 18.2 Å². The van der Waals surface area contributed by atoms with E-state index in [4.69, 9.17) is 46.8 Å². The number of nitrogen functional groups attached to an aromatic ring is 5. The van der Waals surface area contributed by atoms with Gasteiger partial charge in [-0.05, 0) is 93.8 Å². The lowest BCUT2D eigenvalue weighted by Gasteiger charge is -2.03.